The van der Waals surface area contributed by atoms with Crippen LogP contribution in [0.5, 0.6) is 0 Å². The highest BCUT2D eigenvalue weighted by Crippen LogP contribution is 2.13. The molecule has 0 aromatic heterocycles. The van der Waals surface area contributed by atoms with E-state index < -0.39 is 18.1 Å². The fourth-order valence-corrected chi connectivity index (χ4v) is 5.79. The van der Waals surface area contributed by atoms with Gasteiger partial charge in [0.15, 0.2) is 6.10 Å². The lowest BCUT2D eigenvalue weighted by Gasteiger charge is -2.34. The van der Waals surface area contributed by atoms with Crippen LogP contribution in [-0.4, -0.2) is 75.5 Å². The van der Waals surface area contributed by atoms with E-state index in [0.29, 0.717) is 12.8 Å². The standard InChI is InChI=1S/C47H79NO7/c1-6-8-10-12-14-16-18-19-20-21-22-23-24-25-26-28-29-31-33-35-37-45(49)54-42-43(41-53-40-39-44(47(51)52)48(3,4)5)55-46(50)38-36-34-32-30-27-17-15-13-11-9-7-2/h8,10,14,16,19-20,22-23,25-26,29,31,43-44H,6-7,9,11-13,15,17-18,21,24,27-28,30,32-42H2,1-5H3/b10-8+,16-14+,20-19+,23-22+,26-25+,31-29+. The Morgan fingerprint density at radius 3 is 1.49 bits per heavy atom. The summed E-state index contributed by atoms with van der Waals surface area (Å²) in [6, 6.07) is -0.735. The second-order valence-electron chi connectivity index (χ2n) is 15.2. The monoisotopic (exact) mass is 770 g/mol. The molecule has 8 nitrogen and oxygen atoms in total. The molecule has 2 atom stereocenters. The van der Waals surface area contributed by atoms with Crippen LogP contribution in [0, 0.1) is 0 Å². The highest BCUT2D eigenvalue weighted by molar-refractivity contribution is 5.70. The van der Waals surface area contributed by atoms with Gasteiger partial charge in [-0.25, -0.2) is 0 Å². The minimum absolute atomic E-state index is 0.0206. The fraction of sp³-hybridized carbons (Fsp3) is 0.681. The van der Waals surface area contributed by atoms with E-state index in [-0.39, 0.29) is 49.1 Å². The third-order valence-electron chi connectivity index (χ3n) is 9.11. The number of nitrogens with zero attached hydrogens (tertiary/aromatic N) is 1. The number of rotatable bonds is 37. The van der Waals surface area contributed by atoms with Crippen molar-refractivity contribution in [2.24, 2.45) is 0 Å². The van der Waals surface area contributed by atoms with E-state index >= 15 is 0 Å². The summed E-state index contributed by atoms with van der Waals surface area (Å²) in [4.78, 5) is 36.7. The van der Waals surface area contributed by atoms with Crippen molar-refractivity contribution in [3.63, 3.8) is 0 Å². The molecule has 55 heavy (non-hydrogen) atoms. The smallest absolute Gasteiger partial charge is 0.306 e. The second-order valence-corrected chi connectivity index (χ2v) is 15.2. The van der Waals surface area contributed by atoms with Crippen molar-refractivity contribution >= 4 is 17.9 Å². The predicted molar refractivity (Wildman–Crippen MR) is 226 cm³/mol. The molecule has 0 aromatic carbocycles. The molecule has 0 N–H and O–H groups in total. The molecule has 0 saturated heterocycles. The summed E-state index contributed by atoms with van der Waals surface area (Å²) in [5.41, 5.74) is 0. The lowest BCUT2D eigenvalue weighted by atomic mass is 10.1. The Kier molecular flexibility index (Phi) is 35.5. The molecule has 2 unspecified atom stereocenters. The maximum Gasteiger partial charge on any atom is 0.306 e. The van der Waals surface area contributed by atoms with Crippen LogP contribution in [0.25, 0.3) is 0 Å². The number of carboxylic acid groups (broad SMARTS) is 1. The number of carbonyl (C=O) groups excluding carboxylic acids is 3. The molecule has 8 heteroatoms. The lowest BCUT2D eigenvalue weighted by molar-refractivity contribution is -0.889. The van der Waals surface area contributed by atoms with E-state index in [4.69, 9.17) is 14.2 Å². The van der Waals surface area contributed by atoms with Gasteiger partial charge in [0.2, 0.25) is 0 Å². The molecule has 0 amide bonds. The molecular formula is C47H79NO7. The average Bonchev–Trinajstić information content (AvgIpc) is 3.14. The topological polar surface area (TPSA) is 102 Å². The summed E-state index contributed by atoms with van der Waals surface area (Å²) < 4.78 is 17.1. The van der Waals surface area contributed by atoms with Crippen LogP contribution in [0.2, 0.25) is 0 Å². The van der Waals surface area contributed by atoms with Crippen LogP contribution in [0.3, 0.4) is 0 Å². The Hall–Kier alpha value is -3.23. The van der Waals surface area contributed by atoms with Crippen LogP contribution in [-0.2, 0) is 28.6 Å². The summed E-state index contributed by atoms with van der Waals surface area (Å²) >= 11 is 0. The van der Waals surface area contributed by atoms with Gasteiger partial charge in [-0.15, -0.1) is 0 Å². The van der Waals surface area contributed by atoms with E-state index in [1.54, 1.807) is 21.1 Å². The molecule has 0 bridgehead atoms. The third kappa shape index (κ3) is 36.2. The van der Waals surface area contributed by atoms with Crippen LogP contribution >= 0.6 is 0 Å². The Morgan fingerprint density at radius 2 is 1.02 bits per heavy atom. The zero-order valence-corrected chi connectivity index (χ0v) is 35.6. The maximum atomic E-state index is 12.7. The number of hydrogen-bond donors (Lipinski definition) is 0. The molecular weight excluding hydrogens is 691 g/mol. The second kappa shape index (κ2) is 37.7. The van der Waals surface area contributed by atoms with Gasteiger partial charge in [0.05, 0.1) is 40.3 Å². The normalized spacial score (nSPS) is 13.7. The van der Waals surface area contributed by atoms with Gasteiger partial charge < -0.3 is 28.6 Å². The first-order valence-corrected chi connectivity index (χ1v) is 21.5. The number of ether oxygens (including phenoxy) is 3. The van der Waals surface area contributed by atoms with E-state index in [9.17, 15) is 19.5 Å². The minimum atomic E-state index is -1.14. The van der Waals surface area contributed by atoms with E-state index in [1.807, 2.05) is 0 Å². The van der Waals surface area contributed by atoms with E-state index in [1.165, 1.54) is 51.4 Å². The van der Waals surface area contributed by atoms with Gasteiger partial charge >= 0.3 is 11.9 Å². The first kappa shape index (κ1) is 51.8. The van der Waals surface area contributed by atoms with Gasteiger partial charge in [-0.1, -0.05) is 151 Å². The number of aliphatic carboxylic acids is 1. The number of allylic oxidation sites excluding steroid dienone is 12. The van der Waals surface area contributed by atoms with Crippen molar-refractivity contribution in [2.75, 3.05) is 41.0 Å². The largest absolute Gasteiger partial charge is 0.544 e. The molecule has 0 spiro atoms. The Bertz CT molecular complexity index is 1130. The molecule has 0 fully saturated rings. The number of carboxylic acids is 1. The number of carbonyl (C=O) groups is 3. The SMILES string of the molecule is CC/C=C/C/C=C/C/C=C/C/C=C/C/C=C/C/C=C/CCCC(=O)OCC(COCCC(C(=O)[O-])[N+](C)(C)C)OC(=O)CCCCCCCCCCCCC. The van der Waals surface area contributed by atoms with Crippen LogP contribution < -0.4 is 5.11 Å². The van der Waals surface area contributed by atoms with Crippen LogP contribution in [0.15, 0.2) is 72.9 Å². The molecule has 0 aromatic rings. The Labute approximate surface area is 336 Å². The van der Waals surface area contributed by atoms with Crippen molar-refractivity contribution in [3.8, 4) is 0 Å². The first-order valence-electron chi connectivity index (χ1n) is 21.5. The van der Waals surface area contributed by atoms with Crippen LogP contribution in [0.4, 0.5) is 0 Å². The van der Waals surface area contributed by atoms with Crippen molar-refractivity contribution in [2.45, 2.75) is 167 Å². The summed E-state index contributed by atoms with van der Waals surface area (Å²) in [6.07, 6.45) is 46.5. The van der Waals surface area contributed by atoms with E-state index in [2.05, 4.69) is 86.8 Å². The summed E-state index contributed by atoms with van der Waals surface area (Å²) in [7, 11) is 5.38. The Morgan fingerprint density at radius 1 is 0.564 bits per heavy atom. The van der Waals surface area contributed by atoms with Gasteiger partial charge in [0.25, 0.3) is 0 Å². The maximum absolute atomic E-state index is 12.7. The molecule has 0 rings (SSSR count). The summed E-state index contributed by atoms with van der Waals surface area (Å²) in [5, 5.41) is 11.6. The van der Waals surface area contributed by atoms with E-state index in [0.717, 1.165) is 64.2 Å². The molecule has 0 radical (unpaired) electrons. The third-order valence-corrected chi connectivity index (χ3v) is 9.11. The Balaban J connectivity index is 4.44. The molecule has 0 saturated carbocycles. The number of quaternary nitrogens is 1. The number of hydrogen-bond acceptors (Lipinski definition) is 7. The van der Waals surface area contributed by atoms with Gasteiger partial charge in [-0.3, -0.25) is 9.59 Å². The number of esters is 2. The van der Waals surface area contributed by atoms with Gasteiger partial charge in [0.1, 0.15) is 12.6 Å². The van der Waals surface area contributed by atoms with Crippen molar-refractivity contribution in [3.05, 3.63) is 72.9 Å². The minimum Gasteiger partial charge on any atom is -0.544 e. The van der Waals surface area contributed by atoms with Crippen LogP contribution in [0.1, 0.15) is 155 Å². The molecule has 0 aliphatic carbocycles. The highest BCUT2D eigenvalue weighted by atomic mass is 16.6. The fourth-order valence-electron chi connectivity index (χ4n) is 5.79. The lowest BCUT2D eigenvalue weighted by Crippen LogP contribution is -2.55. The average molecular weight is 770 g/mol. The first-order chi connectivity index (χ1) is 26.6. The van der Waals surface area contributed by atoms with Crippen molar-refractivity contribution in [1.82, 2.24) is 0 Å². The van der Waals surface area contributed by atoms with Crippen molar-refractivity contribution < 1.29 is 38.2 Å². The quantitative estimate of drug-likeness (QED) is 0.0268. The predicted octanol–water partition coefficient (Wildman–Crippen LogP) is 10.2. The number of unbranched alkanes of at least 4 members (excludes halogenated alkanes) is 11. The molecule has 0 aliphatic rings. The molecule has 314 valence electrons. The zero-order valence-electron chi connectivity index (χ0n) is 35.6. The summed E-state index contributed by atoms with van der Waals surface area (Å²) in [6.45, 7) is 4.46. The molecule has 0 aliphatic heterocycles. The zero-order chi connectivity index (χ0) is 40.7. The van der Waals surface area contributed by atoms with Gasteiger partial charge in [-0.05, 0) is 57.8 Å². The molecule has 0 heterocycles. The number of likely N-dealkylation sites (N-methyl/N-ethyl adjacent to an activating group) is 1. The van der Waals surface area contributed by atoms with Gasteiger partial charge in [-0.2, -0.15) is 0 Å². The van der Waals surface area contributed by atoms with Crippen molar-refractivity contribution in [1.29, 1.82) is 0 Å². The van der Waals surface area contributed by atoms with Gasteiger partial charge in [0, 0.05) is 19.3 Å². The summed E-state index contributed by atoms with van der Waals surface area (Å²) in [5.74, 6) is -1.82. The highest BCUT2D eigenvalue weighted by Gasteiger charge is 2.25.